The van der Waals surface area contributed by atoms with Crippen molar-refractivity contribution in [3.05, 3.63) is 29.8 Å². The summed E-state index contributed by atoms with van der Waals surface area (Å²) in [4.78, 5) is 22.8. The highest BCUT2D eigenvalue weighted by Gasteiger charge is 2.12. The van der Waals surface area contributed by atoms with Gasteiger partial charge in [0.2, 0.25) is 11.8 Å². The molecule has 10 heteroatoms. The number of likely N-dealkylation sites (N-methyl/N-ethyl adjacent to an activating group) is 1. The van der Waals surface area contributed by atoms with Crippen molar-refractivity contribution in [1.29, 1.82) is 0 Å². The maximum atomic E-state index is 12.4. The van der Waals surface area contributed by atoms with Crippen molar-refractivity contribution in [3.63, 3.8) is 0 Å². The second kappa shape index (κ2) is 10.2. The number of alkyl halides is 4. The van der Waals surface area contributed by atoms with Crippen LogP contribution in [0.5, 0.6) is 11.5 Å². The third-order valence-corrected chi connectivity index (χ3v) is 2.64. The minimum absolute atomic E-state index is 0.0371. The van der Waals surface area contributed by atoms with Crippen molar-refractivity contribution in [2.24, 2.45) is 0 Å². The van der Waals surface area contributed by atoms with Gasteiger partial charge in [-0.05, 0) is 25.1 Å². The third-order valence-electron chi connectivity index (χ3n) is 2.64. The third kappa shape index (κ3) is 8.04. The first-order valence-corrected chi connectivity index (χ1v) is 7.08. The molecule has 0 aliphatic heterocycles. The van der Waals surface area contributed by atoms with Gasteiger partial charge < -0.3 is 20.1 Å². The summed E-state index contributed by atoms with van der Waals surface area (Å²) in [6.45, 7) is -4.45. The number of halogens is 4. The quantitative estimate of drug-likeness (QED) is 0.520. The molecule has 0 aliphatic rings. The number of rotatable bonds is 9. The molecular formula is C15H16F4N2O4. The van der Waals surface area contributed by atoms with E-state index in [0.717, 1.165) is 24.3 Å². The Balaban J connectivity index is 2.81. The number of hydrogen-bond acceptors (Lipinski definition) is 4. The zero-order chi connectivity index (χ0) is 18.8. The van der Waals surface area contributed by atoms with Crippen LogP contribution in [0, 0.1) is 0 Å². The van der Waals surface area contributed by atoms with Gasteiger partial charge in [0.1, 0.15) is 11.5 Å². The second-order valence-corrected chi connectivity index (χ2v) is 4.46. The maximum Gasteiger partial charge on any atom is 0.387 e. The topological polar surface area (TPSA) is 76.7 Å². The molecular weight excluding hydrogens is 348 g/mol. The van der Waals surface area contributed by atoms with Crippen LogP contribution in [0.15, 0.2) is 24.3 Å². The van der Waals surface area contributed by atoms with Gasteiger partial charge in [0.05, 0.1) is 6.54 Å². The SMILES string of the molecule is CCNC(=O)CNC(=O)/C=C/c1ccc(OC(F)F)cc1OC(F)F. The number of hydrogen-bond donors (Lipinski definition) is 2. The molecule has 0 bridgehead atoms. The lowest BCUT2D eigenvalue weighted by Gasteiger charge is -2.11. The van der Waals surface area contributed by atoms with Crippen molar-refractivity contribution < 1.29 is 36.6 Å². The zero-order valence-electron chi connectivity index (χ0n) is 13.1. The fourth-order valence-corrected chi connectivity index (χ4v) is 1.68. The minimum Gasteiger partial charge on any atom is -0.435 e. The van der Waals surface area contributed by atoms with Crippen molar-refractivity contribution in [2.45, 2.75) is 20.1 Å². The van der Waals surface area contributed by atoms with E-state index in [2.05, 4.69) is 20.1 Å². The van der Waals surface area contributed by atoms with Crippen LogP contribution < -0.4 is 20.1 Å². The van der Waals surface area contributed by atoms with E-state index in [1.807, 2.05) is 0 Å². The summed E-state index contributed by atoms with van der Waals surface area (Å²) >= 11 is 0. The molecule has 1 rings (SSSR count). The van der Waals surface area contributed by atoms with E-state index < -0.39 is 24.9 Å². The first kappa shape index (κ1) is 20.3. The zero-order valence-corrected chi connectivity index (χ0v) is 13.1. The van der Waals surface area contributed by atoms with E-state index in [4.69, 9.17) is 0 Å². The lowest BCUT2D eigenvalue weighted by molar-refractivity contribution is -0.123. The fraction of sp³-hybridized carbons (Fsp3) is 0.333. The molecule has 0 saturated heterocycles. The van der Waals surface area contributed by atoms with E-state index in [0.29, 0.717) is 6.54 Å². The summed E-state index contributed by atoms with van der Waals surface area (Å²) in [6, 6.07) is 3.13. The summed E-state index contributed by atoms with van der Waals surface area (Å²) < 4.78 is 57.5. The van der Waals surface area contributed by atoms with E-state index in [1.165, 1.54) is 6.07 Å². The molecule has 2 amide bonds. The standard InChI is InChI=1S/C15H16F4N2O4/c1-2-20-13(23)8-21-12(22)6-4-9-3-5-10(24-14(16)17)7-11(9)25-15(18)19/h3-7,14-15H,2,8H2,1H3,(H,20,23)(H,21,22)/b6-4+. The largest absolute Gasteiger partial charge is 0.435 e. The molecule has 0 fully saturated rings. The minimum atomic E-state index is -3.19. The van der Waals surface area contributed by atoms with Crippen molar-refractivity contribution in [1.82, 2.24) is 10.6 Å². The molecule has 1 aromatic rings. The molecule has 0 spiro atoms. The van der Waals surface area contributed by atoms with E-state index in [9.17, 15) is 27.2 Å². The summed E-state index contributed by atoms with van der Waals surface area (Å²) in [6.07, 6.45) is 2.12. The number of nitrogens with one attached hydrogen (secondary N) is 2. The first-order chi connectivity index (χ1) is 11.8. The Kier molecular flexibility index (Phi) is 8.24. The Hall–Kier alpha value is -2.78. The molecule has 25 heavy (non-hydrogen) atoms. The van der Waals surface area contributed by atoms with Gasteiger partial charge in [0.25, 0.3) is 0 Å². The van der Waals surface area contributed by atoms with Gasteiger partial charge in [-0.15, -0.1) is 0 Å². The molecule has 6 nitrogen and oxygen atoms in total. The van der Waals surface area contributed by atoms with Gasteiger partial charge in [-0.25, -0.2) is 0 Å². The Morgan fingerprint density at radius 2 is 1.80 bits per heavy atom. The van der Waals surface area contributed by atoms with Gasteiger partial charge in [-0.1, -0.05) is 0 Å². The van der Waals surface area contributed by atoms with Crippen molar-refractivity contribution in [3.8, 4) is 11.5 Å². The molecule has 2 N–H and O–H groups in total. The van der Waals surface area contributed by atoms with Crippen molar-refractivity contribution >= 4 is 17.9 Å². The van der Waals surface area contributed by atoms with Crippen LogP contribution in [0.2, 0.25) is 0 Å². The molecule has 138 valence electrons. The molecule has 0 aromatic heterocycles. The highest BCUT2D eigenvalue weighted by Crippen LogP contribution is 2.28. The van der Waals surface area contributed by atoms with Crippen molar-refractivity contribution in [2.75, 3.05) is 13.1 Å². The second-order valence-electron chi connectivity index (χ2n) is 4.46. The molecule has 0 atom stereocenters. The van der Waals surface area contributed by atoms with Gasteiger partial charge >= 0.3 is 13.2 Å². The van der Waals surface area contributed by atoms with Crippen LogP contribution in [-0.2, 0) is 9.59 Å². The Morgan fingerprint density at radius 3 is 2.40 bits per heavy atom. The highest BCUT2D eigenvalue weighted by atomic mass is 19.3. The number of ether oxygens (including phenoxy) is 2. The average Bonchev–Trinajstić information content (AvgIpc) is 2.51. The molecule has 0 unspecified atom stereocenters. The van der Waals surface area contributed by atoms with Gasteiger partial charge in [0.15, 0.2) is 0 Å². The molecule has 0 saturated carbocycles. The predicted octanol–water partition coefficient (Wildman–Crippen LogP) is 2.15. The molecule has 0 radical (unpaired) electrons. The average molecular weight is 364 g/mol. The summed E-state index contributed by atoms with van der Waals surface area (Å²) in [5, 5.41) is 4.76. The number of carbonyl (C=O) groups is 2. The monoisotopic (exact) mass is 364 g/mol. The summed E-state index contributed by atoms with van der Waals surface area (Å²) in [7, 11) is 0. The number of benzene rings is 1. The molecule has 0 heterocycles. The number of amides is 2. The predicted molar refractivity (Wildman–Crippen MR) is 80.4 cm³/mol. The Bertz CT molecular complexity index is 624. The van der Waals surface area contributed by atoms with E-state index in [-0.39, 0.29) is 23.8 Å². The normalized spacial score (nSPS) is 11.0. The van der Waals surface area contributed by atoms with Gasteiger partial charge in [-0.2, -0.15) is 17.6 Å². The van der Waals surface area contributed by atoms with Crippen LogP contribution >= 0.6 is 0 Å². The number of carbonyl (C=O) groups excluding carboxylic acids is 2. The Labute approximate surface area is 140 Å². The summed E-state index contributed by atoms with van der Waals surface area (Å²) in [5.74, 6) is -1.86. The fourth-order valence-electron chi connectivity index (χ4n) is 1.68. The van der Waals surface area contributed by atoms with Crippen LogP contribution in [0.1, 0.15) is 12.5 Å². The van der Waals surface area contributed by atoms with E-state index in [1.54, 1.807) is 6.92 Å². The van der Waals surface area contributed by atoms with Crippen LogP contribution in [-0.4, -0.2) is 38.1 Å². The molecule has 1 aromatic carbocycles. The smallest absolute Gasteiger partial charge is 0.387 e. The highest BCUT2D eigenvalue weighted by molar-refractivity contribution is 5.94. The Morgan fingerprint density at radius 1 is 1.12 bits per heavy atom. The van der Waals surface area contributed by atoms with Gasteiger partial charge in [0, 0.05) is 24.3 Å². The van der Waals surface area contributed by atoms with Crippen LogP contribution in [0.3, 0.4) is 0 Å². The molecule has 0 aliphatic carbocycles. The van der Waals surface area contributed by atoms with Gasteiger partial charge in [-0.3, -0.25) is 9.59 Å². The van der Waals surface area contributed by atoms with Crippen LogP contribution in [0.25, 0.3) is 6.08 Å². The first-order valence-electron chi connectivity index (χ1n) is 7.08. The van der Waals surface area contributed by atoms with Crippen LogP contribution in [0.4, 0.5) is 17.6 Å². The van der Waals surface area contributed by atoms with E-state index >= 15 is 0 Å². The lowest BCUT2D eigenvalue weighted by atomic mass is 10.1. The summed E-state index contributed by atoms with van der Waals surface area (Å²) in [5.41, 5.74) is 0.0371. The lowest BCUT2D eigenvalue weighted by Crippen LogP contribution is -2.35. The maximum absolute atomic E-state index is 12.4.